The zero-order valence-corrected chi connectivity index (χ0v) is 10.2. The smallest absolute Gasteiger partial charge is 0.185 e. The number of aryl methyl sites for hydroxylation is 1. The van der Waals surface area contributed by atoms with Crippen LogP contribution in [-0.2, 0) is 6.42 Å². The summed E-state index contributed by atoms with van der Waals surface area (Å²) in [5.41, 5.74) is 1.49. The van der Waals surface area contributed by atoms with E-state index in [-0.39, 0.29) is 5.78 Å². The molecule has 0 aliphatic heterocycles. The molecular weight excluding hydrogens is 228 g/mol. The fourth-order valence-corrected chi connectivity index (χ4v) is 1.69. The molecule has 0 aliphatic carbocycles. The highest BCUT2D eigenvalue weighted by Gasteiger charge is 2.12. The van der Waals surface area contributed by atoms with Gasteiger partial charge < -0.3 is 4.74 Å². The molecule has 0 unspecified atom stereocenters. The minimum absolute atomic E-state index is 0.00994. The second-order valence-corrected chi connectivity index (χ2v) is 3.83. The molecule has 0 amide bonds. The van der Waals surface area contributed by atoms with E-state index in [9.17, 15) is 4.79 Å². The fourth-order valence-electron chi connectivity index (χ4n) is 1.69. The van der Waals surface area contributed by atoms with E-state index in [1.807, 2.05) is 12.1 Å². The molecule has 18 heavy (non-hydrogen) atoms. The van der Waals surface area contributed by atoms with Gasteiger partial charge in [-0.2, -0.15) is 0 Å². The third kappa shape index (κ3) is 2.91. The summed E-state index contributed by atoms with van der Waals surface area (Å²) in [5.74, 6) is 0.515. The lowest BCUT2D eigenvalue weighted by atomic mass is 10.1. The SMILES string of the molecule is COc1cccnc1C(=O)CCc1ccncc1. The van der Waals surface area contributed by atoms with Crippen LogP contribution in [0, 0.1) is 0 Å². The van der Waals surface area contributed by atoms with Crippen molar-refractivity contribution < 1.29 is 9.53 Å². The Hall–Kier alpha value is -2.23. The highest BCUT2D eigenvalue weighted by atomic mass is 16.5. The lowest BCUT2D eigenvalue weighted by molar-refractivity contribution is 0.0974. The maximum absolute atomic E-state index is 12.0. The summed E-state index contributed by atoms with van der Waals surface area (Å²) in [6.45, 7) is 0. The molecule has 0 radical (unpaired) electrons. The van der Waals surface area contributed by atoms with E-state index in [0.717, 1.165) is 5.56 Å². The van der Waals surface area contributed by atoms with Crippen LogP contribution in [0.1, 0.15) is 22.5 Å². The number of ether oxygens (including phenoxy) is 1. The molecule has 0 aromatic carbocycles. The maximum atomic E-state index is 12.0. The average Bonchev–Trinajstić information content (AvgIpc) is 2.45. The van der Waals surface area contributed by atoms with Crippen LogP contribution >= 0.6 is 0 Å². The van der Waals surface area contributed by atoms with Gasteiger partial charge in [0.2, 0.25) is 0 Å². The molecule has 0 saturated heterocycles. The third-order valence-corrected chi connectivity index (χ3v) is 2.64. The van der Waals surface area contributed by atoms with Crippen molar-refractivity contribution in [2.75, 3.05) is 7.11 Å². The predicted molar refractivity (Wildman–Crippen MR) is 67.7 cm³/mol. The third-order valence-electron chi connectivity index (χ3n) is 2.64. The van der Waals surface area contributed by atoms with E-state index in [1.54, 1.807) is 30.7 Å². The van der Waals surface area contributed by atoms with Gasteiger partial charge in [0.15, 0.2) is 5.78 Å². The molecule has 0 fully saturated rings. The van der Waals surface area contributed by atoms with Crippen molar-refractivity contribution in [3.63, 3.8) is 0 Å². The number of nitrogens with zero attached hydrogens (tertiary/aromatic N) is 2. The summed E-state index contributed by atoms with van der Waals surface area (Å²) in [6, 6.07) is 7.30. The molecule has 2 rings (SSSR count). The van der Waals surface area contributed by atoms with Crippen LogP contribution in [0.3, 0.4) is 0 Å². The van der Waals surface area contributed by atoms with Gasteiger partial charge in [-0.3, -0.25) is 9.78 Å². The van der Waals surface area contributed by atoms with E-state index in [4.69, 9.17) is 4.74 Å². The van der Waals surface area contributed by atoms with Crippen molar-refractivity contribution >= 4 is 5.78 Å². The van der Waals surface area contributed by atoms with Crippen molar-refractivity contribution in [3.05, 3.63) is 54.1 Å². The minimum atomic E-state index is -0.00994. The average molecular weight is 242 g/mol. The quantitative estimate of drug-likeness (QED) is 0.755. The number of hydrogen-bond donors (Lipinski definition) is 0. The topological polar surface area (TPSA) is 52.1 Å². The van der Waals surface area contributed by atoms with Crippen LogP contribution < -0.4 is 4.74 Å². The number of carbonyl (C=O) groups excluding carboxylic acids is 1. The fraction of sp³-hybridized carbons (Fsp3) is 0.214. The monoisotopic (exact) mass is 242 g/mol. The Morgan fingerprint density at radius 3 is 2.72 bits per heavy atom. The Labute approximate surface area is 106 Å². The van der Waals surface area contributed by atoms with E-state index >= 15 is 0 Å². The van der Waals surface area contributed by atoms with Gasteiger partial charge in [-0.15, -0.1) is 0 Å². The molecule has 2 aromatic heterocycles. The normalized spacial score (nSPS) is 10.1. The van der Waals surface area contributed by atoms with Crippen LogP contribution in [0.4, 0.5) is 0 Å². The molecule has 0 bridgehead atoms. The summed E-state index contributed by atoms with van der Waals surface area (Å²) in [4.78, 5) is 20.1. The van der Waals surface area contributed by atoms with Gasteiger partial charge in [-0.05, 0) is 36.2 Å². The Morgan fingerprint density at radius 2 is 2.00 bits per heavy atom. The second kappa shape index (κ2) is 5.91. The number of hydrogen-bond acceptors (Lipinski definition) is 4. The molecule has 0 saturated carbocycles. The molecule has 0 atom stereocenters. The van der Waals surface area contributed by atoms with E-state index < -0.39 is 0 Å². The van der Waals surface area contributed by atoms with E-state index in [1.165, 1.54) is 7.11 Å². The molecule has 4 nitrogen and oxygen atoms in total. The van der Waals surface area contributed by atoms with Crippen molar-refractivity contribution in [1.29, 1.82) is 0 Å². The molecule has 4 heteroatoms. The van der Waals surface area contributed by atoms with E-state index in [0.29, 0.717) is 24.3 Å². The molecule has 0 aliphatic rings. The number of aromatic nitrogens is 2. The van der Waals surface area contributed by atoms with Crippen molar-refractivity contribution in [1.82, 2.24) is 9.97 Å². The number of methoxy groups -OCH3 is 1. The number of carbonyl (C=O) groups is 1. The summed E-state index contributed by atoms with van der Waals surface area (Å²) >= 11 is 0. The standard InChI is InChI=1S/C14H14N2O2/c1-18-13-3-2-8-16-14(13)12(17)5-4-11-6-9-15-10-7-11/h2-3,6-10H,4-5H2,1H3. The highest BCUT2D eigenvalue weighted by molar-refractivity contribution is 5.96. The zero-order valence-electron chi connectivity index (χ0n) is 10.2. The lowest BCUT2D eigenvalue weighted by Crippen LogP contribution is -2.06. The summed E-state index contributed by atoms with van der Waals surface area (Å²) < 4.78 is 5.13. The zero-order chi connectivity index (χ0) is 12.8. The van der Waals surface area contributed by atoms with Crippen molar-refractivity contribution in [3.8, 4) is 5.75 Å². The molecule has 0 N–H and O–H groups in total. The Balaban J connectivity index is 2.04. The van der Waals surface area contributed by atoms with Gasteiger partial charge in [-0.25, -0.2) is 4.98 Å². The molecular formula is C14H14N2O2. The molecule has 2 heterocycles. The van der Waals surface area contributed by atoms with Crippen LogP contribution in [0.2, 0.25) is 0 Å². The number of Topliss-reactive ketones (excluding diaryl/α,β-unsaturated/α-hetero) is 1. The Kier molecular flexibility index (Phi) is 4.02. The first-order chi connectivity index (χ1) is 8.81. The number of rotatable bonds is 5. The summed E-state index contributed by atoms with van der Waals surface area (Å²) in [7, 11) is 1.54. The highest BCUT2D eigenvalue weighted by Crippen LogP contribution is 2.17. The van der Waals surface area contributed by atoms with Crippen molar-refractivity contribution in [2.45, 2.75) is 12.8 Å². The first-order valence-corrected chi connectivity index (χ1v) is 5.72. The lowest BCUT2D eigenvalue weighted by Gasteiger charge is -2.05. The van der Waals surface area contributed by atoms with Gasteiger partial charge in [-0.1, -0.05) is 0 Å². The van der Waals surface area contributed by atoms with Crippen LogP contribution in [-0.4, -0.2) is 22.9 Å². The van der Waals surface area contributed by atoms with Gasteiger partial charge >= 0.3 is 0 Å². The van der Waals surface area contributed by atoms with Gasteiger partial charge in [0.25, 0.3) is 0 Å². The first-order valence-electron chi connectivity index (χ1n) is 5.72. The maximum Gasteiger partial charge on any atom is 0.185 e. The second-order valence-electron chi connectivity index (χ2n) is 3.83. The van der Waals surface area contributed by atoms with E-state index in [2.05, 4.69) is 9.97 Å². The van der Waals surface area contributed by atoms with Crippen molar-refractivity contribution in [2.24, 2.45) is 0 Å². The predicted octanol–water partition coefficient (Wildman–Crippen LogP) is 2.30. The molecule has 0 spiro atoms. The van der Waals surface area contributed by atoms with Gasteiger partial charge in [0.1, 0.15) is 11.4 Å². The summed E-state index contributed by atoms with van der Waals surface area (Å²) in [5, 5.41) is 0. The molecule has 2 aromatic rings. The van der Waals surface area contributed by atoms with Gasteiger partial charge in [0.05, 0.1) is 7.11 Å². The molecule has 92 valence electrons. The van der Waals surface area contributed by atoms with Crippen LogP contribution in [0.5, 0.6) is 5.75 Å². The Bertz CT molecular complexity index is 526. The van der Waals surface area contributed by atoms with Crippen LogP contribution in [0.25, 0.3) is 0 Å². The minimum Gasteiger partial charge on any atom is -0.494 e. The summed E-state index contributed by atoms with van der Waals surface area (Å²) in [6.07, 6.45) is 6.14. The van der Waals surface area contributed by atoms with Crippen LogP contribution in [0.15, 0.2) is 42.9 Å². The first kappa shape index (κ1) is 12.2. The Morgan fingerprint density at radius 1 is 1.22 bits per heavy atom. The van der Waals surface area contributed by atoms with Gasteiger partial charge in [0, 0.05) is 25.0 Å². The largest absolute Gasteiger partial charge is 0.494 e. The number of pyridine rings is 2. The number of ketones is 1.